The molecule has 0 saturated carbocycles. The number of ketones is 1. The maximum absolute atomic E-state index is 11.0. The molecule has 0 fully saturated rings. The van der Waals surface area contributed by atoms with Gasteiger partial charge in [-0.2, -0.15) is 20.7 Å². The van der Waals surface area contributed by atoms with Crippen molar-refractivity contribution in [2.45, 2.75) is 13.3 Å². The van der Waals surface area contributed by atoms with Gasteiger partial charge in [0.25, 0.3) is 0 Å². The maximum atomic E-state index is 11.0. The SMILES string of the molecule is CC(=O)Cc1cc(C#N)c2n[nH]nc2c1. The quantitative estimate of drug-likeness (QED) is 0.782. The summed E-state index contributed by atoms with van der Waals surface area (Å²) in [6.45, 7) is 1.51. The molecule has 0 aliphatic heterocycles. The van der Waals surface area contributed by atoms with E-state index in [9.17, 15) is 4.79 Å². The Morgan fingerprint density at radius 2 is 2.33 bits per heavy atom. The first-order valence-electron chi connectivity index (χ1n) is 4.43. The molecule has 0 atom stereocenters. The molecule has 0 amide bonds. The van der Waals surface area contributed by atoms with Crippen molar-refractivity contribution in [1.29, 1.82) is 5.26 Å². The highest BCUT2D eigenvalue weighted by Gasteiger charge is 2.08. The van der Waals surface area contributed by atoms with Crippen LogP contribution in [0.3, 0.4) is 0 Å². The summed E-state index contributed by atoms with van der Waals surface area (Å²) >= 11 is 0. The van der Waals surface area contributed by atoms with E-state index in [1.165, 1.54) is 6.92 Å². The van der Waals surface area contributed by atoms with Crippen LogP contribution in [-0.2, 0) is 11.2 Å². The molecule has 0 aliphatic rings. The molecule has 1 N–H and O–H groups in total. The molecule has 2 aromatic rings. The number of hydrogen-bond donors (Lipinski definition) is 1. The fourth-order valence-corrected chi connectivity index (χ4v) is 1.48. The van der Waals surface area contributed by atoms with Crippen LogP contribution >= 0.6 is 0 Å². The van der Waals surface area contributed by atoms with Crippen LogP contribution in [-0.4, -0.2) is 21.2 Å². The van der Waals surface area contributed by atoms with E-state index in [1.54, 1.807) is 12.1 Å². The van der Waals surface area contributed by atoms with Gasteiger partial charge in [0, 0.05) is 6.42 Å². The Kier molecular flexibility index (Phi) is 2.18. The van der Waals surface area contributed by atoms with E-state index in [2.05, 4.69) is 15.4 Å². The van der Waals surface area contributed by atoms with Crippen LogP contribution in [0.4, 0.5) is 0 Å². The topological polar surface area (TPSA) is 82.4 Å². The van der Waals surface area contributed by atoms with Crippen molar-refractivity contribution in [3.63, 3.8) is 0 Å². The first-order chi connectivity index (χ1) is 7.20. The second-order valence-corrected chi connectivity index (χ2v) is 3.33. The van der Waals surface area contributed by atoms with Crippen LogP contribution in [0.2, 0.25) is 0 Å². The summed E-state index contributed by atoms with van der Waals surface area (Å²) in [6.07, 6.45) is 0.317. The van der Waals surface area contributed by atoms with Gasteiger partial charge in [0.1, 0.15) is 22.9 Å². The van der Waals surface area contributed by atoms with Crippen LogP contribution in [0.15, 0.2) is 12.1 Å². The fourth-order valence-electron chi connectivity index (χ4n) is 1.48. The molecule has 1 aromatic carbocycles. The predicted molar refractivity (Wildman–Crippen MR) is 53.0 cm³/mol. The highest BCUT2D eigenvalue weighted by Crippen LogP contribution is 2.16. The third kappa shape index (κ3) is 1.70. The molecule has 0 saturated heterocycles. The van der Waals surface area contributed by atoms with Gasteiger partial charge in [-0.1, -0.05) is 0 Å². The summed E-state index contributed by atoms with van der Waals surface area (Å²) in [5.74, 6) is 0.0572. The van der Waals surface area contributed by atoms with Gasteiger partial charge in [0.15, 0.2) is 0 Å². The largest absolute Gasteiger partial charge is 0.300 e. The molecule has 1 aromatic heterocycles. The van der Waals surface area contributed by atoms with E-state index in [1.807, 2.05) is 6.07 Å². The summed E-state index contributed by atoms with van der Waals surface area (Å²) in [6, 6.07) is 5.47. The number of fused-ring (bicyclic) bond motifs is 1. The Morgan fingerprint density at radius 1 is 1.53 bits per heavy atom. The summed E-state index contributed by atoms with van der Waals surface area (Å²) in [5, 5.41) is 19.1. The fraction of sp³-hybridized carbons (Fsp3) is 0.200. The van der Waals surface area contributed by atoms with Crippen molar-refractivity contribution < 1.29 is 4.79 Å². The number of Topliss-reactive ketones (excluding diaryl/α,β-unsaturated/α-hetero) is 1. The molecule has 15 heavy (non-hydrogen) atoms. The molecule has 0 aliphatic carbocycles. The van der Waals surface area contributed by atoms with Crippen LogP contribution in [0, 0.1) is 11.3 Å². The van der Waals surface area contributed by atoms with Crippen LogP contribution < -0.4 is 0 Å². The number of aromatic amines is 1. The van der Waals surface area contributed by atoms with Gasteiger partial charge in [-0.15, -0.1) is 0 Å². The number of rotatable bonds is 2. The molecule has 5 nitrogen and oxygen atoms in total. The lowest BCUT2D eigenvalue weighted by Gasteiger charge is -1.98. The van der Waals surface area contributed by atoms with E-state index in [4.69, 9.17) is 5.26 Å². The average Bonchev–Trinajstić information content (AvgIpc) is 2.63. The molecule has 0 spiro atoms. The normalized spacial score (nSPS) is 10.1. The lowest BCUT2D eigenvalue weighted by Crippen LogP contribution is -1.97. The zero-order chi connectivity index (χ0) is 10.8. The molecule has 5 heteroatoms. The lowest BCUT2D eigenvalue weighted by atomic mass is 10.1. The number of nitrogens with zero attached hydrogens (tertiary/aromatic N) is 3. The highest BCUT2D eigenvalue weighted by atomic mass is 16.1. The van der Waals surface area contributed by atoms with Gasteiger partial charge in [0.05, 0.1) is 5.56 Å². The van der Waals surface area contributed by atoms with Gasteiger partial charge in [-0.3, -0.25) is 4.79 Å². The first-order valence-corrected chi connectivity index (χ1v) is 4.43. The standard InChI is InChI=1S/C10H8N4O/c1-6(15)2-7-3-8(5-11)10-9(4-7)12-14-13-10/h3-4H,2H2,1H3,(H,12,13,14). The number of nitrogens with one attached hydrogen (secondary N) is 1. The van der Waals surface area contributed by atoms with E-state index >= 15 is 0 Å². The Hall–Kier alpha value is -2.22. The Balaban J connectivity index is 2.60. The smallest absolute Gasteiger partial charge is 0.134 e. The van der Waals surface area contributed by atoms with E-state index in [0.717, 1.165) is 5.56 Å². The Bertz CT molecular complexity index is 564. The van der Waals surface area contributed by atoms with Crippen molar-refractivity contribution in [3.8, 4) is 6.07 Å². The molecule has 0 unspecified atom stereocenters. The van der Waals surface area contributed by atoms with Crippen molar-refractivity contribution >= 4 is 16.8 Å². The minimum absolute atomic E-state index is 0.0572. The average molecular weight is 200 g/mol. The Labute approximate surface area is 85.7 Å². The van der Waals surface area contributed by atoms with Crippen molar-refractivity contribution in [2.75, 3.05) is 0 Å². The third-order valence-corrected chi connectivity index (χ3v) is 2.06. The molecular formula is C10H8N4O. The van der Waals surface area contributed by atoms with Crippen LogP contribution in [0.1, 0.15) is 18.1 Å². The summed E-state index contributed by atoms with van der Waals surface area (Å²) in [7, 11) is 0. The van der Waals surface area contributed by atoms with Crippen molar-refractivity contribution in [3.05, 3.63) is 23.3 Å². The number of aromatic nitrogens is 3. The second kappa shape index (κ2) is 3.50. The monoisotopic (exact) mass is 200 g/mol. The summed E-state index contributed by atoms with van der Waals surface area (Å²) in [4.78, 5) is 11.0. The van der Waals surface area contributed by atoms with E-state index < -0.39 is 0 Å². The van der Waals surface area contributed by atoms with Crippen LogP contribution in [0.5, 0.6) is 0 Å². The lowest BCUT2D eigenvalue weighted by molar-refractivity contribution is -0.116. The molecule has 74 valence electrons. The van der Waals surface area contributed by atoms with Gasteiger partial charge < -0.3 is 0 Å². The zero-order valence-corrected chi connectivity index (χ0v) is 8.11. The van der Waals surface area contributed by atoms with E-state index in [-0.39, 0.29) is 5.78 Å². The highest BCUT2D eigenvalue weighted by molar-refractivity contribution is 5.84. The number of H-pyrrole nitrogens is 1. The number of carbonyl (C=O) groups is 1. The minimum Gasteiger partial charge on any atom is -0.300 e. The predicted octanol–water partition coefficient (Wildman–Crippen LogP) is 0.961. The first kappa shape index (κ1) is 9.34. The second-order valence-electron chi connectivity index (χ2n) is 3.33. The van der Waals surface area contributed by atoms with Crippen LogP contribution in [0.25, 0.3) is 11.0 Å². The molecule has 0 radical (unpaired) electrons. The third-order valence-electron chi connectivity index (χ3n) is 2.06. The maximum Gasteiger partial charge on any atom is 0.134 e. The molecule has 0 bridgehead atoms. The zero-order valence-electron chi connectivity index (χ0n) is 8.11. The van der Waals surface area contributed by atoms with Crippen molar-refractivity contribution in [2.24, 2.45) is 0 Å². The number of benzene rings is 1. The molecule has 1 heterocycles. The minimum atomic E-state index is 0.0572. The van der Waals surface area contributed by atoms with Gasteiger partial charge in [-0.05, 0) is 24.6 Å². The molecular weight excluding hydrogens is 192 g/mol. The van der Waals surface area contributed by atoms with Gasteiger partial charge in [-0.25, -0.2) is 0 Å². The molecule has 2 rings (SSSR count). The van der Waals surface area contributed by atoms with Gasteiger partial charge >= 0.3 is 0 Å². The van der Waals surface area contributed by atoms with E-state index in [0.29, 0.717) is 23.0 Å². The number of carbonyl (C=O) groups excluding carboxylic acids is 1. The summed E-state index contributed by atoms with van der Waals surface area (Å²) in [5.41, 5.74) is 2.40. The van der Waals surface area contributed by atoms with Gasteiger partial charge in [0.2, 0.25) is 0 Å². The van der Waals surface area contributed by atoms with Crippen molar-refractivity contribution in [1.82, 2.24) is 15.4 Å². The summed E-state index contributed by atoms with van der Waals surface area (Å²) < 4.78 is 0. The number of hydrogen-bond acceptors (Lipinski definition) is 4. The number of nitriles is 1. The Morgan fingerprint density at radius 3 is 3.00 bits per heavy atom.